The van der Waals surface area contributed by atoms with Crippen molar-refractivity contribution in [1.29, 1.82) is 0 Å². The first-order valence-electron chi connectivity index (χ1n) is 5.45. The van der Waals surface area contributed by atoms with Crippen LogP contribution in [0.15, 0.2) is 0 Å². The predicted molar refractivity (Wildman–Crippen MR) is 57.9 cm³/mol. The highest BCUT2D eigenvalue weighted by Crippen LogP contribution is 2.37. The molecule has 0 saturated heterocycles. The lowest BCUT2D eigenvalue weighted by Crippen LogP contribution is -2.32. The Labute approximate surface area is 95.2 Å². The van der Waals surface area contributed by atoms with E-state index in [9.17, 15) is 9.59 Å². The zero-order chi connectivity index (χ0) is 12.3. The Kier molecular flexibility index (Phi) is 3.91. The summed E-state index contributed by atoms with van der Waals surface area (Å²) >= 11 is 0. The number of carboxylic acids is 1. The number of ether oxygens (including phenoxy) is 1. The van der Waals surface area contributed by atoms with Crippen LogP contribution in [0.25, 0.3) is 0 Å². The second-order valence-electron chi connectivity index (χ2n) is 5.16. The van der Waals surface area contributed by atoms with Gasteiger partial charge in [-0.1, -0.05) is 0 Å². The average Bonchev–Trinajstić information content (AvgIpc) is 2.80. The van der Waals surface area contributed by atoms with Crippen molar-refractivity contribution < 1.29 is 19.4 Å². The van der Waals surface area contributed by atoms with Crippen LogP contribution in [-0.2, 0) is 14.3 Å². The van der Waals surface area contributed by atoms with Crippen molar-refractivity contribution in [1.82, 2.24) is 5.32 Å². The molecule has 1 fully saturated rings. The van der Waals surface area contributed by atoms with Crippen molar-refractivity contribution in [3.63, 3.8) is 0 Å². The number of esters is 1. The van der Waals surface area contributed by atoms with Crippen molar-refractivity contribution in [2.45, 2.75) is 32.8 Å². The predicted octanol–water partition coefficient (Wildman–Crippen LogP) is 0.638. The van der Waals surface area contributed by atoms with Gasteiger partial charge in [0.25, 0.3) is 0 Å². The zero-order valence-electron chi connectivity index (χ0n) is 9.95. The first kappa shape index (κ1) is 13.0. The Balaban J connectivity index is 2.09. The highest BCUT2D eigenvalue weighted by atomic mass is 16.6. The quantitative estimate of drug-likeness (QED) is 0.676. The summed E-state index contributed by atoms with van der Waals surface area (Å²) < 4.78 is 5.10. The van der Waals surface area contributed by atoms with Crippen LogP contribution in [0.4, 0.5) is 0 Å². The Hall–Kier alpha value is -1.10. The molecular weight excluding hydrogens is 210 g/mol. The number of nitrogens with one attached hydrogen (secondary N) is 1. The van der Waals surface area contributed by atoms with Crippen LogP contribution in [-0.4, -0.2) is 35.7 Å². The van der Waals surface area contributed by atoms with Crippen LogP contribution in [0, 0.1) is 11.8 Å². The first-order chi connectivity index (χ1) is 7.29. The van der Waals surface area contributed by atoms with Crippen molar-refractivity contribution in [2.24, 2.45) is 11.8 Å². The lowest BCUT2D eigenvalue weighted by atomic mass is 10.2. The van der Waals surface area contributed by atoms with Gasteiger partial charge in [-0.3, -0.25) is 9.59 Å². The van der Waals surface area contributed by atoms with Gasteiger partial charge in [0.1, 0.15) is 5.60 Å². The van der Waals surface area contributed by atoms with Gasteiger partial charge in [0.05, 0.1) is 12.5 Å². The standard InChI is InChI=1S/C11H19NO4/c1-11(2,3)16-9(13)6-12-5-7-4-8(7)10(14)15/h7-8,12H,4-6H2,1-3H3,(H,14,15). The van der Waals surface area contributed by atoms with E-state index in [0.29, 0.717) is 13.0 Å². The molecule has 1 aliphatic rings. The smallest absolute Gasteiger partial charge is 0.320 e. The van der Waals surface area contributed by atoms with Crippen LogP contribution in [0.5, 0.6) is 0 Å². The highest BCUT2D eigenvalue weighted by molar-refractivity contribution is 5.73. The zero-order valence-corrected chi connectivity index (χ0v) is 9.95. The minimum atomic E-state index is -0.746. The molecule has 0 radical (unpaired) electrons. The summed E-state index contributed by atoms with van der Waals surface area (Å²) in [5, 5.41) is 11.6. The maximum absolute atomic E-state index is 11.3. The van der Waals surface area contributed by atoms with Crippen molar-refractivity contribution in [2.75, 3.05) is 13.1 Å². The third-order valence-corrected chi connectivity index (χ3v) is 2.34. The molecule has 2 atom stereocenters. The van der Waals surface area contributed by atoms with E-state index in [1.165, 1.54) is 0 Å². The van der Waals surface area contributed by atoms with E-state index in [2.05, 4.69) is 5.32 Å². The molecule has 0 spiro atoms. The van der Waals surface area contributed by atoms with Gasteiger partial charge < -0.3 is 15.2 Å². The topological polar surface area (TPSA) is 75.6 Å². The SMILES string of the molecule is CC(C)(C)OC(=O)CNCC1CC1C(=O)O. The van der Waals surface area contributed by atoms with E-state index in [-0.39, 0.29) is 24.3 Å². The lowest BCUT2D eigenvalue weighted by molar-refractivity contribution is -0.153. The van der Waals surface area contributed by atoms with Crippen LogP contribution < -0.4 is 5.32 Å². The van der Waals surface area contributed by atoms with Gasteiger partial charge in [-0.2, -0.15) is 0 Å². The van der Waals surface area contributed by atoms with Gasteiger partial charge in [0.2, 0.25) is 0 Å². The maximum atomic E-state index is 11.3. The molecule has 0 aliphatic heterocycles. The highest BCUT2D eigenvalue weighted by Gasteiger charge is 2.42. The van der Waals surface area contributed by atoms with Crippen molar-refractivity contribution in [3.8, 4) is 0 Å². The number of hydrogen-bond donors (Lipinski definition) is 2. The third-order valence-electron chi connectivity index (χ3n) is 2.34. The molecule has 16 heavy (non-hydrogen) atoms. The number of hydrogen-bond acceptors (Lipinski definition) is 4. The molecular formula is C11H19NO4. The second kappa shape index (κ2) is 4.82. The van der Waals surface area contributed by atoms with E-state index < -0.39 is 11.6 Å². The number of carboxylic acid groups (broad SMARTS) is 1. The van der Waals surface area contributed by atoms with Gasteiger partial charge >= 0.3 is 11.9 Å². The molecule has 5 heteroatoms. The summed E-state index contributed by atoms with van der Waals surface area (Å²) in [5.74, 6) is -1.12. The minimum Gasteiger partial charge on any atom is -0.481 e. The van der Waals surface area contributed by atoms with Crippen molar-refractivity contribution in [3.05, 3.63) is 0 Å². The third kappa shape index (κ3) is 4.61. The largest absolute Gasteiger partial charge is 0.481 e. The summed E-state index contributed by atoms with van der Waals surface area (Å²) in [6.07, 6.45) is 0.705. The number of carbonyl (C=O) groups excluding carboxylic acids is 1. The van der Waals surface area contributed by atoms with Crippen LogP contribution in [0.2, 0.25) is 0 Å². The average molecular weight is 229 g/mol. The van der Waals surface area contributed by atoms with Crippen LogP contribution >= 0.6 is 0 Å². The van der Waals surface area contributed by atoms with E-state index in [1.807, 2.05) is 20.8 Å². The summed E-state index contributed by atoms with van der Waals surface area (Å²) in [7, 11) is 0. The summed E-state index contributed by atoms with van der Waals surface area (Å²) in [6, 6.07) is 0. The van der Waals surface area contributed by atoms with Gasteiger partial charge in [0, 0.05) is 0 Å². The second-order valence-corrected chi connectivity index (χ2v) is 5.16. The van der Waals surface area contributed by atoms with Crippen LogP contribution in [0.1, 0.15) is 27.2 Å². The Morgan fingerprint density at radius 3 is 2.50 bits per heavy atom. The number of carbonyl (C=O) groups is 2. The maximum Gasteiger partial charge on any atom is 0.320 e. The van der Waals surface area contributed by atoms with E-state index in [0.717, 1.165) is 0 Å². The summed E-state index contributed by atoms with van der Waals surface area (Å²) in [4.78, 5) is 21.8. The molecule has 5 nitrogen and oxygen atoms in total. The molecule has 2 unspecified atom stereocenters. The fourth-order valence-electron chi connectivity index (χ4n) is 1.51. The summed E-state index contributed by atoms with van der Waals surface area (Å²) in [5.41, 5.74) is -0.470. The molecule has 1 aliphatic carbocycles. The van der Waals surface area contributed by atoms with E-state index in [1.54, 1.807) is 0 Å². The molecule has 1 saturated carbocycles. The number of aliphatic carboxylic acids is 1. The first-order valence-corrected chi connectivity index (χ1v) is 5.45. The molecule has 0 aromatic heterocycles. The molecule has 0 aromatic carbocycles. The normalized spacial score (nSPS) is 23.9. The fourth-order valence-corrected chi connectivity index (χ4v) is 1.51. The molecule has 0 aromatic rings. The monoisotopic (exact) mass is 229 g/mol. The van der Waals surface area contributed by atoms with Gasteiger partial charge in [-0.25, -0.2) is 0 Å². The van der Waals surface area contributed by atoms with Crippen LogP contribution in [0.3, 0.4) is 0 Å². The van der Waals surface area contributed by atoms with Gasteiger partial charge in [-0.15, -0.1) is 0 Å². The molecule has 0 amide bonds. The Bertz CT molecular complexity index is 282. The fraction of sp³-hybridized carbons (Fsp3) is 0.818. The Morgan fingerprint density at radius 2 is 2.06 bits per heavy atom. The molecule has 92 valence electrons. The summed E-state index contributed by atoms with van der Waals surface area (Å²) in [6.45, 7) is 6.14. The molecule has 2 N–H and O–H groups in total. The lowest BCUT2D eigenvalue weighted by Gasteiger charge is -2.19. The Morgan fingerprint density at radius 1 is 1.44 bits per heavy atom. The molecule has 0 bridgehead atoms. The van der Waals surface area contributed by atoms with E-state index in [4.69, 9.17) is 9.84 Å². The minimum absolute atomic E-state index is 0.139. The van der Waals surface area contributed by atoms with Crippen molar-refractivity contribution >= 4 is 11.9 Å². The molecule has 1 rings (SSSR count). The van der Waals surface area contributed by atoms with E-state index >= 15 is 0 Å². The van der Waals surface area contributed by atoms with Gasteiger partial charge in [0.15, 0.2) is 0 Å². The number of rotatable bonds is 5. The van der Waals surface area contributed by atoms with Gasteiger partial charge in [-0.05, 0) is 39.7 Å². The molecule has 0 heterocycles.